The predicted molar refractivity (Wildman–Crippen MR) is 121 cm³/mol. The predicted octanol–water partition coefficient (Wildman–Crippen LogP) is 3.43. The Morgan fingerprint density at radius 2 is 1.90 bits per heavy atom. The van der Waals surface area contributed by atoms with E-state index in [0.717, 1.165) is 5.56 Å². The van der Waals surface area contributed by atoms with Crippen LogP contribution in [0.4, 0.5) is 5.69 Å². The fraction of sp³-hybridized carbons (Fsp3) is 0.391. The Balaban J connectivity index is 2.26. The van der Waals surface area contributed by atoms with Crippen molar-refractivity contribution in [1.29, 1.82) is 0 Å². The molecule has 0 aliphatic heterocycles. The van der Waals surface area contributed by atoms with E-state index in [2.05, 4.69) is 15.3 Å². The molecule has 8 nitrogen and oxygen atoms in total. The Bertz CT molecular complexity index is 1250. The summed E-state index contributed by atoms with van der Waals surface area (Å²) in [6.45, 7) is 10.1. The number of methoxy groups -OCH3 is 1. The van der Waals surface area contributed by atoms with Crippen LogP contribution in [0, 0.1) is 12.8 Å². The Morgan fingerprint density at radius 3 is 2.52 bits per heavy atom. The van der Waals surface area contributed by atoms with Gasteiger partial charge in [0.05, 0.1) is 23.7 Å². The summed E-state index contributed by atoms with van der Waals surface area (Å²) in [7, 11) is 1.52. The zero-order chi connectivity index (χ0) is 22.9. The molecule has 0 radical (unpaired) electrons. The maximum absolute atomic E-state index is 13.3. The molecule has 1 aromatic carbocycles. The molecule has 1 amide bonds. The first kappa shape index (κ1) is 22.3. The third-order valence-corrected chi connectivity index (χ3v) is 4.96. The summed E-state index contributed by atoms with van der Waals surface area (Å²) in [5, 5.41) is 2.94. The molecule has 0 saturated carbocycles. The number of fused-ring (bicyclic) bond motifs is 1. The molecule has 0 aliphatic rings. The summed E-state index contributed by atoms with van der Waals surface area (Å²) in [4.78, 5) is 45.5. The number of aromatic amines is 1. The second-order valence-electron chi connectivity index (χ2n) is 8.37. The molecular weight excluding hydrogens is 396 g/mol. The first-order valence-corrected chi connectivity index (χ1v) is 10.3. The number of aromatic nitrogens is 3. The van der Waals surface area contributed by atoms with Gasteiger partial charge in [-0.2, -0.15) is 0 Å². The van der Waals surface area contributed by atoms with Gasteiger partial charge in [0.25, 0.3) is 11.5 Å². The van der Waals surface area contributed by atoms with Crippen LogP contribution in [0.15, 0.2) is 33.9 Å². The molecule has 31 heavy (non-hydrogen) atoms. The molecule has 3 rings (SSSR count). The van der Waals surface area contributed by atoms with Gasteiger partial charge in [0.15, 0.2) is 5.65 Å². The molecule has 2 heterocycles. The number of rotatable bonds is 6. The number of benzene rings is 1. The highest BCUT2D eigenvalue weighted by atomic mass is 16.5. The van der Waals surface area contributed by atoms with Crippen molar-refractivity contribution in [2.75, 3.05) is 12.4 Å². The van der Waals surface area contributed by atoms with E-state index in [4.69, 9.17) is 4.74 Å². The molecule has 2 aromatic heterocycles. The highest BCUT2D eigenvalue weighted by Crippen LogP contribution is 2.27. The average molecular weight is 425 g/mol. The van der Waals surface area contributed by atoms with Gasteiger partial charge in [-0.3, -0.25) is 19.1 Å². The minimum absolute atomic E-state index is 0.00801. The van der Waals surface area contributed by atoms with Crippen LogP contribution in [0.2, 0.25) is 0 Å². The normalized spacial score (nSPS) is 11.4. The van der Waals surface area contributed by atoms with Gasteiger partial charge in [0, 0.05) is 12.2 Å². The summed E-state index contributed by atoms with van der Waals surface area (Å²) in [5.41, 5.74) is 1.27. The summed E-state index contributed by atoms with van der Waals surface area (Å²) in [5.74, 6) is 0.168. The van der Waals surface area contributed by atoms with Gasteiger partial charge < -0.3 is 10.1 Å². The average Bonchev–Trinajstić information content (AvgIpc) is 2.70. The lowest BCUT2D eigenvalue weighted by atomic mass is 10.0. The Kier molecular flexibility index (Phi) is 6.29. The van der Waals surface area contributed by atoms with E-state index in [0.29, 0.717) is 23.7 Å². The van der Waals surface area contributed by atoms with E-state index in [1.165, 1.54) is 11.7 Å². The Morgan fingerprint density at radius 1 is 1.19 bits per heavy atom. The molecular formula is C23H28N4O4. The zero-order valence-electron chi connectivity index (χ0n) is 18.7. The van der Waals surface area contributed by atoms with E-state index >= 15 is 0 Å². The van der Waals surface area contributed by atoms with Crippen molar-refractivity contribution < 1.29 is 9.53 Å². The Labute approximate surface area is 180 Å². The maximum Gasteiger partial charge on any atom is 0.330 e. The number of carbonyl (C=O) groups is 1. The van der Waals surface area contributed by atoms with Crippen LogP contribution in [0.25, 0.3) is 11.0 Å². The summed E-state index contributed by atoms with van der Waals surface area (Å²) >= 11 is 0. The smallest absolute Gasteiger partial charge is 0.330 e. The zero-order valence-corrected chi connectivity index (χ0v) is 18.7. The van der Waals surface area contributed by atoms with Gasteiger partial charge in [-0.15, -0.1) is 0 Å². The highest BCUT2D eigenvalue weighted by Gasteiger charge is 2.21. The monoisotopic (exact) mass is 424 g/mol. The van der Waals surface area contributed by atoms with E-state index in [1.54, 1.807) is 18.2 Å². The number of pyridine rings is 1. The standard InChI is InChI=1S/C23H28N4O4/c1-12(2)11-27-20-19(22(29)26-23(27)30)15(10-16(24-20)13(3)4)21(28)25-17-9-14(5)7-8-18(17)31-6/h7-10,12-13H,11H2,1-6H3,(H,25,28)(H,26,29,30). The van der Waals surface area contributed by atoms with E-state index < -0.39 is 17.2 Å². The third-order valence-electron chi connectivity index (χ3n) is 4.96. The second kappa shape index (κ2) is 8.75. The topological polar surface area (TPSA) is 106 Å². The van der Waals surface area contributed by atoms with Gasteiger partial charge in [-0.1, -0.05) is 33.8 Å². The minimum atomic E-state index is -0.635. The molecule has 8 heteroatoms. The van der Waals surface area contributed by atoms with Crippen molar-refractivity contribution in [3.63, 3.8) is 0 Å². The first-order valence-electron chi connectivity index (χ1n) is 10.3. The van der Waals surface area contributed by atoms with E-state index in [9.17, 15) is 14.4 Å². The quantitative estimate of drug-likeness (QED) is 0.631. The fourth-order valence-corrected chi connectivity index (χ4v) is 3.41. The molecule has 3 aromatic rings. The van der Waals surface area contributed by atoms with Crippen LogP contribution >= 0.6 is 0 Å². The van der Waals surface area contributed by atoms with E-state index in [1.807, 2.05) is 40.7 Å². The van der Waals surface area contributed by atoms with Gasteiger partial charge in [-0.05, 0) is 42.5 Å². The lowest BCUT2D eigenvalue weighted by Crippen LogP contribution is -2.33. The molecule has 0 unspecified atom stereocenters. The molecule has 164 valence electrons. The number of ether oxygens (including phenoxy) is 1. The van der Waals surface area contributed by atoms with Crippen molar-refractivity contribution in [2.45, 2.75) is 47.1 Å². The lowest BCUT2D eigenvalue weighted by Gasteiger charge is -2.16. The van der Waals surface area contributed by atoms with Crippen molar-refractivity contribution in [3.8, 4) is 5.75 Å². The summed E-state index contributed by atoms with van der Waals surface area (Å²) in [6, 6.07) is 7.05. The van der Waals surface area contributed by atoms with Gasteiger partial charge in [0.1, 0.15) is 5.75 Å². The molecule has 0 saturated heterocycles. The number of anilines is 1. The summed E-state index contributed by atoms with van der Waals surface area (Å²) < 4.78 is 6.78. The Hall–Kier alpha value is -3.42. The van der Waals surface area contributed by atoms with Gasteiger partial charge in [-0.25, -0.2) is 9.78 Å². The molecule has 0 fully saturated rings. The van der Waals surface area contributed by atoms with Crippen molar-refractivity contribution >= 4 is 22.6 Å². The minimum Gasteiger partial charge on any atom is -0.495 e. The van der Waals surface area contributed by atoms with Crippen LogP contribution in [0.1, 0.15) is 55.2 Å². The molecule has 0 atom stereocenters. The number of hydrogen-bond donors (Lipinski definition) is 2. The number of amides is 1. The van der Waals surface area contributed by atoms with Crippen molar-refractivity contribution in [1.82, 2.24) is 14.5 Å². The van der Waals surface area contributed by atoms with Crippen LogP contribution < -0.4 is 21.3 Å². The molecule has 2 N–H and O–H groups in total. The van der Waals surface area contributed by atoms with Crippen LogP contribution in [0.3, 0.4) is 0 Å². The number of nitrogens with one attached hydrogen (secondary N) is 2. The molecule has 0 aliphatic carbocycles. The number of hydrogen-bond acceptors (Lipinski definition) is 5. The van der Waals surface area contributed by atoms with Crippen LogP contribution in [-0.4, -0.2) is 27.6 Å². The largest absolute Gasteiger partial charge is 0.495 e. The number of carbonyl (C=O) groups excluding carboxylic acids is 1. The van der Waals surface area contributed by atoms with Gasteiger partial charge >= 0.3 is 5.69 Å². The number of aryl methyl sites for hydroxylation is 1. The third kappa shape index (κ3) is 4.52. The maximum atomic E-state index is 13.3. The fourth-order valence-electron chi connectivity index (χ4n) is 3.41. The van der Waals surface area contributed by atoms with E-state index in [-0.39, 0.29) is 28.4 Å². The van der Waals surface area contributed by atoms with Crippen molar-refractivity contribution in [2.24, 2.45) is 5.92 Å². The lowest BCUT2D eigenvalue weighted by molar-refractivity contribution is 0.102. The summed E-state index contributed by atoms with van der Waals surface area (Å²) in [6.07, 6.45) is 0. The van der Waals surface area contributed by atoms with Crippen LogP contribution in [-0.2, 0) is 6.54 Å². The first-order chi connectivity index (χ1) is 14.6. The van der Waals surface area contributed by atoms with Gasteiger partial charge in [0.2, 0.25) is 0 Å². The van der Waals surface area contributed by atoms with Crippen LogP contribution in [0.5, 0.6) is 5.75 Å². The molecule has 0 spiro atoms. The molecule has 0 bridgehead atoms. The SMILES string of the molecule is COc1ccc(C)cc1NC(=O)c1cc(C(C)C)nc2c1c(=O)[nH]c(=O)n2CC(C)C. The number of nitrogens with zero attached hydrogens (tertiary/aromatic N) is 2. The number of H-pyrrole nitrogens is 1. The second-order valence-corrected chi connectivity index (χ2v) is 8.37. The van der Waals surface area contributed by atoms with Crippen molar-refractivity contribution in [3.05, 3.63) is 61.9 Å². The highest BCUT2D eigenvalue weighted by molar-refractivity contribution is 6.12.